The van der Waals surface area contributed by atoms with Crippen LogP contribution in [0.25, 0.3) is 0 Å². The van der Waals surface area contributed by atoms with Crippen molar-refractivity contribution in [1.82, 2.24) is 9.80 Å². The first-order valence-corrected chi connectivity index (χ1v) is 11.2. The number of amides is 1. The Morgan fingerprint density at radius 1 is 0.967 bits per heavy atom. The summed E-state index contributed by atoms with van der Waals surface area (Å²) in [6.45, 7) is 12.5. The Morgan fingerprint density at radius 2 is 1.63 bits per heavy atom. The molecule has 1 aromatic carbocycles. The van der Waals surface area contributed by atoms with Crippen molar-refractivity contribution in [3.8, 4) is 5.75 Å². The number of ether oxygens (including phenoxy) is 2. The van der Waals surface area contributed by atoms with Crippen LogP contribution in [0.4, 0.5) is 4.79 Å². The molecule has 1 aliphatic rings. The van der Waals surface area contributed by atoms with Gasteiger partial charge in [0.2, 0.25) is 0 Å². The third-order valence-electron chi connectivity index (χ3n) is 5.10. The second kappa shape index (κ2) is 11.9. The van der Waals surface area contributed by atoms with Gasteiger partial charge in [0.1, 0.15) is 11.4 Å². The van der Waals surface area contributed by atoms with E-state index < -0.39 is 5.60 Å². The lowest BCUT2D eigenvalue weighted by atomic mass is 10.0. The second-order valence-corrected chi connectivity index (χ2v) is 8.92. The number of carbonyl (C=O) groups is 2. The van der Waals surface area contributed by atoms with Crippen LogP contribution in [0.15, 0.2) is 24.3 Å². The van der Waals surface area contributed by atoms with E-state index in [1.54, 1.807) is 4.90 Å². The van der Waals surface area contributed by atoms with E-state index in [0.717, 1.165) is 56.6 Å². The molecule has 2 rings (SSSR count). The summed E-state index contributed by atoms with van der Waals surface area (Å²) in [4.78, 5) is 28.4. The zero-order chi connectivity index (χ0) is 22.0. The van der Waals surface area contributed by atoms with Gasteiger partial charge in [-0.2, -0.15) is 0 Å². The molecule has 168 valence electrons. The van der Waals surface area contributed by atoms with E-state index in [1.165, 1.54) is 0 Å². The lowest BCUT2D eigenvalue weighted by Gasteiger charge is -2.35. The number of Topliss-reactive ketones (excluding diaryl/α,β-unsaturated/α-hetero) is 1. The Labute approximate surface area is 181 Å². The van der Waals surface area contributed by atoms with E-state index in [0.29, 0.717) is 26.1 Å². The Morgan fingerprint density at radius 3 is 2.23 bits per heavy atom. The van der Waals surface area contributed by atoms with E-state index in [9.17, 15) is 9.59 Å². The zero-order valence-electron chi connectivity index (χ0n) is 19.1. The molecule has 6 heteroatoms. The molecule has 0 unspecified atom stereocenters. The molecule has 1 heterocycles. The summed E-state index contributed by atoms with van der Waals surface area (Å²) in [5.41, 5.74) is 0.313. The highest BCUT2D eigenvalue weighted by atomic mass is 16.6. The number of piperazine rings is 1. The maximum Gasteiger partial charge on any atom is 0.410 e. The highest BCUT2D eigenvalue weighted by Gasteiger charge is 2.25. The summed E-state index contributed by atoms with van der Waals surface area (Å²) in [7, 11) is 0. The number of unbranched alkanes of at least 4 members (excludes halogenated alkanes) is 2. The summed E-state index contributed by atoms with van der Waals surface area (Å²) in [5.74, 6) is 1.01. The van der Waals surface area contributed by atoms with Crippen molar-refractivity contribution in [2.45, 2.75) is 65.4 Å². The molecule has 30 heavy (non-hydrogen) atoms. The fraction of sp³-hybridized carbons (Fsp3) is 0.667. The van der Waals surface area contributed by atoms with E-state index in [4.69, 9.17) is 9.47 Å². The summed E-state index contributed by atoms with van der Waals surface area (Å²) < 4.78 is 11.3. The van der Waals surface area contributed by atoms with Gasteiger partial charge < -0.3 is 14.4 Å². The van der Waals surface area contributed by atoms with Crippen molar-refractivity contribution in [2.75, 3.05) is 39.3 Å². The SMILES string of the molecule is CCCCCC(=O)c1ccc(OCCCN2CCN(C(=O)OC(C)(C)C)CC2)cc1. The van der Waals surface area contributed by atoms with E-state index >= 15 is 0 Å². The Hall–Kier alpha value is -2.08. The molecule has 0 spiro atoms. The molecule has 6 nitrogen and oxygen atoms in total. The number of hydrogen-bond acceptors (Lipinski definition) is 5. The summed E-state index contributed by atoms with van der Waals surface area (Å²) in [6, 6.07) is 7.48. The Kier molecular flexibility index (Phi) is 9.63. The van der Waals surface area contributed by atoms with Crippen LogP contribution in [0.3, 0.4) is 0 Å². The first kappa shape index (κ1) is 24.2. The number of carbonyl (C=O) groups excluding carboxylic acids is 2. The van der Waals surface area contributed by atoms with Gasteiger partial charge in [-0.3, -0.25) is 9.69 Å². The molecule has 1 fully saturated rings. The average molecular weight is 419 g/mol. The molecule has 0 aliphatic carbocycles. The van der Waals surface area contributed by atoms with Crippen LogP contribution < -0.4 is 4.74 Å². The van der Waals surface area contributed by atoms with Gasteiger partial charge in [0.25, 0.3) is 0 Å². The Balaban J connectivity index is 1.62. The van der Waals surface area contributed by atoms with Crippen molar-refractivity contribution in [3.63, 3.8) is 0 Å². The molecule has 0 radical (unpaired) electrons. The molecule has 1 saturated heterocycles. The minimum absolute atomic E-state index is 0.209. The van der Waals surface area contributed by atoms with Crippen molar-refractivity contribution in [2.24, 2.45) is 0 Å². The van der Waals surface area contributed by atoms with E-state index in [2.05, 4.69) is 11.8 Å². The van der Waals surface area contributed by atoms with Gasteiger partial charge in [-0.25, -0.2) is 4.79 Å². The Bertz CT molecular complexity index is 659. The van der Waals surface area contributed by atoms with Crippen LogP contribution >= 0.6 is 0 Å². The van der Waals surface area contributed by atoms with E-state index in [-0.39, 0.29) is 11.9 Å². The summed E-state index contributed by atoms with van der Waals surface area (Å²) >= 11 is 0. The average Bonchev–Trinajstić information content (AvgIpc) is 2.71. The van der Waals surface area contributed by atoms with Crippen molar-refractivity contribution in [3.05, 3.63) is 29.8 Å². The van der Waals surface area contributed by atoms with Gasteiger partial charge in [0.15, 0.2) is 5.78 Å². The first-order valence-electron chi connectivity index (χ1n) is 11.2. The maximum absolute atomic E-state index is 12.1. The molecule has 0 aromatic heterocycles. The van der Waals surface area contributed by atoms with Crippen molar-refractivity contribution < 1.29 is 19.1 Å². The predicted octanol–water partition coefficient (Wildman–Crippen LogP) is 4.77. The monoisotopic (exact) mass is 418 g/mol. The molecule has 0 saturated carbocycles. The fourth-order valence-electron chi connectivity index (χ4n) is 3.38. The molecule has 0 atom stereocenters. The van der Waals surface area contributed by atoms with Crippen LogP contribution in [0, 0.1) is 0 Å². The number of ketones is 1. The number of hydrogen-bond donors (Lipinski definition) is 0. The van der Waals surface area contributed by atoms with Gasteiger partial charge >= 0.3 is 6.09 Å². The summed E-state index contributed by atoms with van der Waals surface area (Å²) in [5, 5.41) is 0. The van der Waals surface area contributed by atoms with Crippen molar-refractivity contribution in [1.29, 1.82) is 0 Å². The molecular formula is C24H38N2O4. The maximum atomic E-state index is 12.1. The normalized spacial score (nSPS) is 15.1. The topological polar surface area (TPSA) is 59.1 Å². The largest absolute Gasteiger partial charge is 0.494 e. The second-order valence-electron chi connectivity index (χ2n) is 8.92. The minimum Gasteiger partial charge on any atom is -0.494 e. The fourth-order valence-corrected chi connectivity index (χ4v) is 3.38. The highest BCUT2D eigenvalue weighted by molar-refractivity contribution is 5.96. The van der Waals surface area contributed by atoms with Crippen LogP contribution in [0.1, 0.15) is 70.2 Å². The standard InChI is InChI=1S/C24H38N2O4/c1-5-6-7-9-22(27)20-10-12-21(13-11-20)29-19-8-14-25-15-17-26(18-16-25)23(28)30-24(2,3)4/h10-13H,5-9,14-19H2,1-4H3. The number of rotatable bonds is 10. The summed E-state index contributed by atoms with van der Waals surface area (Å²) in [6.07, 6.45) is 4.50. The molecule has 1 aliphatic heterocycles. The predicted molar refractivity (Wildman–Crippen MR) is 119 cm³/mol. The van der Waals surface area contributed by atoms with Gasteiger partial charge in [0, 0.05) is 44.7 Å². The van der Waals surface area contributed by atoms with Gasteiger partial charge in [-0.15, -0.1) is 0 Å². The molecule has 1 amide bonds. The van der Waals surface area contributed by atoms with Crippen molar-refractivity contribution >= 4 is 11.9 Å². The highest BCUT2D eigenvalue weighted by Crippen LogP contribution is 2.16. The quantitative estimate of drug-likeness (QED) is 0.405. The lowest BCUT2D eigenvalue weighted by Crippen LogP contribution is -2.50. The van der Waals surface area contributed by atoms with Crippen LogP contribution in [-0.2, 0) is 4.74 Å². The van der Waals surface area contributed by atoms with Crippen LogP contribution in [-0.4, -0.2) is 66.6 Å². The zero-order valence-corrected chi connectivity index (χ0v) is 19.1. The third kappa shape index (κ3) is 8.74. The van der Waals surface area contributed by atoms with E-state index in [1.807, 2.05) is 45.0 Å². The number of benzene rings is 1. The third-order valence-corrected chi connectivity index (χ3v) is 5.10. The molecule has 0 bridgehead atoms. The van der Waals surface area contributed by atoms with Crippen LogP contribution in [0.5, 0.6) is 5.75 Å². The smallest absolute Gasteiger partial charge is 0.410 e. The first-order chi connectivity index (χ1) is 14.3. The van der Waals surface area contributed by atoms with Gasteiger partial charge in [-0.1, -0.05) is 19.8 Å². The minimum atomic E-state index is -0.452. The number of nitrogens with zero attached hydrogens (tertiary/aromatic N) is 2. The van der Waals surface area contributed by atoms with Gasteiger partial charge in [-0.05, 0) is 57.9 Å². The molecule has 1 aromatic rings. The van der Waals surface area contributed by atoms with Gasteiger partial charge in [0.05, 0.1) is 6.61 Å². The lowest BCUT2D eigenvalue weighted by molar-refractivity contribution is 0.0142. The van der Waals surface area contributed by atoms with Crippen LogP contribution in [0.2, 0.25) is 0 Å². The molecular weight excluding hydrogens is 380 g/mol. The molecule has 0 N–H and O–H groups in total.